The molecule has 0 bridgehead atoms. The summed E-state index contributed by atoms with van der Waals surface area (Å²) in [7, 11) is -2.68. The van der Waals surface area contributed by atoms with E-state index in [2.05, 4.69) is 15.0 Å². The summed E-state index contributed by atoms with van der Waals surface area (Å²) in [5.41, 5.74) is 1.42. The standard InChI is InChI=1S/C24H28FN3O3S2/c1-16-23(32-24(27-16)26-15-17-8-4-3-5-9-17)18-12-13-21(31-2)22(14-18)33(29,30)28-20-11-7-6-10-19(20)25/h6-7,10-14,17,28H,3-5,8-9,15H2,1-2H3,(H,26,27). The highest BCUT2D eigenvalue weighted by atomic mass is 32.2. The van der Waals surface area contributed by atoms with Gasteiger partial charge in [-0.05, 0) is 61.6 Å². The van der Waals surface area contributed by atoms with E-state index in [0.29, 0.717) is 11.5 Å². The van der Waals surface area contributed by atoms with Crippen LogP contribution in [0.4, 0.5) is 15.2 Å². The number of benzene rings is 2. The first-order valence-electron chi connectivity index (χ1n) is 11.0. The van der Waals surface area contributed by atoms with Gasteiger partial charge in [0.05, 0.1) is 23.4 Å². The summed E-state index contributed by atoms with van der Waals surface area (Å²) in [6.07, 6.45) is 6.40. The molecule has 0 unspecified atom stereocenters. The van der Waals surface area contributed by atoms with Gasteiger partial charge in [0, 0.05) is 6.54 Å². The van der Waals surface area contributed by atoms with Crippen molar-refractivity contribution in [2.24, 2.45) is 5.92 Å². The second kappa shape index (κ2) is 10.1. The number of sulfonamides is 1. The van der Waals surface area contributed by atoms with Crippen molar-refractivity contribution in [2.75, 3.05) is 23.7 Å². The van der Waals surface area contributed by atoms with Crippen LogP contribution in [0.2, 0.25) is 0 Å². The number of nitrogens with zero attached hydrogens (tertiary/aromatic N) is 1. The molecule has 1 aromatic heterocycles. The second-order valence-corrected chi connectivity index (χ2v) is 10.9. The Bertz CT molecular complexity index is 1220. The first-order chi connectivity index (χ1) is 15.9. The Morgan fingerprint density at radius 2 is 1.91 bits per heavy atom. The lowest BCUT2D eigenvalue weighted by Crippen LogP contribution is -2.16. The largest absolute Gasteiger partial charge is 0.495 e. The molecular formula is C24H28FN3O3S2. The fourth-order valence-corrected chi connectivity index (χ4v) is 6.37. The van der Waals surface area contributed by atoms with Gasteiger partial charge in [-0.1, -0.05) is 42.7 Å². The number of rotatable bonds is 8. The molecule has 1 aliphatic carbocycles. The predicted molar refractivity (Wildman–Crippen MR) is 131 cm³/mol. The van der Waals surface area contributed by atoms with Crippen LogP contribution in [-0.2, 0) is 10.0 Å². The zero-order valence-corrected chi connectivity index (χ0v) is 20.4. The third kappa shape index (κ3) is 5.47. The van der Waals surface area contributed by atoms with Crippen molar-refractivity contribution < 1.29 is 17.5 Å². The lowest BCUT2D eigenvalue weighted by Gasteiger charge is -2.21. The molecule has 2 N–H and O–H groups in total. The molecule has 1 aliphatic rings. The summed E-state index contributed by atoms with van der Waals surface area (Å²) in [5, 5.41) is 4.29. The van der Waals surface area contributed by atoms with Gasteiger partial charge in [-0.2, -0.15) is 0 Å². The quantitative estimate of drug-likeness (QED) is 0.402. The molecule has 0 saturated heterocycles. The molecule has 0 radical (unpaired) electrons. The average molecular weight is 490 g/mol. The number of ether oxygens (including phenoxy) is 1. The Kier molecular flexibility index (Phi) is 7.19. The number of nitrogens with one attached hydrogen (secondary N) is 2. The van der Waals surface area contributed by atoms with E-state index in [0.717, 1.165) is 22.2 Å². The highest BCUT2D eigenvalue weighted by molar-refractivity contribution is 7.92. The van der Waals surface area contributed by atoms with E-state index in [-0.39, 0.29) is 16.3 Å². The highest BCUT2D eigenvalue weighted by Crippen LogP contribution is 2.37. The number of hydrogen-bond donors (Lipinski definition) is 2. The molecule has 0 atom stereocenters. The smallest absolute Gasteiger partial charge is 0.265 e. The maximum atomic E-state index is 14.1. The highest BCUT2D eigenvalue weighted by Gasteiger charge is 2.23. The van der Waals surface area contributed by atoms with Gasteiger partial charge in [-0.15, -0.1) is 0 Å². The van der Waals surface area contributed by atoms with Crippen LogP contribution in [0.15, 0.2) is 47.4 Å². The van der Waals surface area contributed by atoms with Crippen LogP contribution in [0, 0.1) is 18.7 Å². The summed E-state index contributed by atoms with van der Waals surface area (Å²) in [6.45, 7) is 2.81. The van der Waals surface area contributed by atoms with Crippen LogP contribution in [0.25, 0.3) is 10.4 Å². The van der Waals surface area contributed by atoms with Gasteiger partial charge >= 0.3 is 0 Å². The first-order valence-corrected chi connectivity index (χ1v) is 13.3. The van der Waals surface area contributed by atoms with Gasteiger partial charge in [0.1, 0.15) is 16.5 Å². The van der Waals surface area contributed by atoms with Crippen LogP contribution in [0.5, 0.6) is 5.75 Å². The summed E-state index contributed by atoms with van der Waals surface area (Å²) in [4.78, 5) is 5.47. The topological polar surface area (TPSA) is 80.3 Å². The van der Waals surface area contributed by atoms with E-state index in [4.69, 9.17) is 4.74 Å². The van der Waals surface area contributed by atoms with Gasteiger partial charge in [-0.25, -0.2) is 17.8 Å². The molecule has 0 amide bonds. The lowest BCUT2D eigenvalue weighted by atomic mass is 9.89. The summed E-state index contributed by atoms with van der Waals surface area (Å²) >= 11 is 1.50. The molecule has 0 spiro atoms. The number of para-hydroxylation sites is 1. The maximum absolute atomic E-state index is 14.1. The van der Waals surface area contributed by atoms with Crippen molar-refractivity contribution in [3.05, 3.63) is 54.0 Å². The van der Waals surface area contributed by atoms with E-state index in [1.807, 2.05) is 13.0 Å². The molecule has 1 fully saturated rings. The van der Waals surface area contributed by atoms with Crippen LogP contribution < -0.4 is 14.8 Å². The van der Waals surface area contributed by atoms with E-state index in [1.54, 1.807) is 18.2 Å². The van der Waals surface area contributed by atoms with E-state index < -0.39 is 15.8 Å². The van der Waals surface area contributed by atoms with Gasteiger partial charge in [0.15, 0.2) is 5.13 Å². The van der Waals surface area contributed by atoms with E-state index >= 15 is 0 Å². The number of hydrogen-bond acceptors (Lipinski definition) is 6. The van der Waals surface area contributed by atoms with Crippen molar-refractivity contribution in [3.8, 4) is 16.2 Å². The third-order valence-electron chi connectivity index (χ3n) is 5.90. The third-order valence-corrected chi connectivity index (χ3v) is 8.45. The molecule has 33 heavy (non-hydrogen) atoms. The second-order valence-electron chi connectivity index (χ2n) is 8.27. The minimum Gasteiger partial charge on any atom is -0.495 e. The van der Waals surface area contributed by atoms with Crippen LogP contribution in [-0.4, -0.2) is 27.1 Å². The number of aromatic nitrogens is 1. The zero-order valence-electron chi connectivity index (χ0n) is 18.7. The van der Waals surface area contributed by atoms with Crippen molar-refractivity contribution >= 4 is 32.2 Å². The SMILES string of the molecule is COc1ccc(-c2sc(NCC3CCCCC3)nc2C)cc1S(=O)(=O)Nc1ccccc1F. The van der Waals surface area contributed by atoms with Crippen LogP contribution in [0.1, 0.15) is 37.8 Å². The van der Waals surface area contributed by atoms with Crippen molar-refractivity contribution in [1.82, 2.24) is 4.98 Å². The summed E-state index contributed by atoms with van der Waals surface area (Å²) < 4.78 is 47.9. The molecule has 2 aromatic carbocycles. The maximum Gasteiger partial charge on any atom is 0.265 e. The van der Waals surface area contributed by atoms with Crippen molar-refractivity contribution in [3.63, 3.8) is 0 Å². The van der Waals surface area contributed by atoms with Gasteiger partial charge in [0.2, 0.25) is 0 Å². The zero-order chi connectivity index (χ0) is 23.4. The minimum absolute atomic E-state index is 0.0599. The number of anilines is 2. The minimum atomic E-state index is -4.09. The molecule has 6 nitrogen and oxygen atoms in total. The van der Waals surface area contributed by atoms with Gasteiger partial charge in [0.25, 0.3) is 10.0 Å². The van der Waals surface area contributed by atoms with Gasteiger partial charge in [-0.3, -0.25) is 4.72 Å². The molecule has 3 aromatic rings. The molecule has 9 heteroatoms. The molecule has 1 heterocycles. The predicted octanol–water partition coefficient (Wildman–Crippen LogP) is 6.06. The molecule has 0 aliphatic heterocycles. The first kappa shape index (κ1) is 23.5. The van der Waals surface area contributed by atoms with E-state index in [9.17, 15) is 12.8 Å². The fourth-order valence-electron chi connectivity index (χ4n) is 4.13. The summed E-state index contributed by atoms with van der Waals surface area (Å²) in [5.74, 6) is 0.206. The van der Waals surface area contributed by atoms with Gasteiger partial charge < -0.3 is 10.1 Å². The molecule has 176 valence electrons. The Labute approximate surface area is 198 Å². The Balaban J connectivity index is 1.60. The average Bonchev–Trinajstić information content (AvgIpc) is 3.20. The lowest BCUT2D eigenvalue weighted by molar-refractivity contribution is 0.373. The number of thiazole rings is 1. The fraction of sp³-hybridized carbons (Fsp3) is 0.375. The number of methoxy groups -OCH3 is 1. The van der Waals surface area contributed by atoms with Crippen molar-refractivity contribution in [1.29, 1.82) is 0 Å². The summed E-state index contributed by atoms with van der Waals surface area (Å²) in [6, 6.07) is 10.6. The Hall–Kier alpha value is -2.65. The molecule has 4 rings (SSSR count). The number of halogens is 1. The molecule has 1 saturated carbocycles. The number of aryl methyl sites for hydroxylation is 1. The normalized spacial score (nSPS) is 14.8. The van der Waals surface area contributed by atoms with Crippen LogP contribution in [0.3, 0.4) is 0 Å². The monoisotopic (exact) mass is 489 g/mol. The van der Waals surface area contributed by atoms with Crippen molar-refractivity contribution in [2.45, 2.75) is 43.9 Å². The Morgan fingerprint density at radius 1 is 1.15 bits per heavy atom. The Morgan fingerprint density at radius 3 is 2.64 bits per heavy atom. The van der Waals surface area contributed by atoms with Crippen LogP contribution >= 0.6 is 11.3 Å². The molecular weight excluding hydrogens is 461 g/mol. The van der Waals surface area contributed by atoms with E-state index in [1.165, 1.54) is 68.7 Å².